The highest BCUT2D eigenvalue weighted by Gasteiger charge is 2.41. The molecule has 2 aromatic rings. The molecule has 2 atom stereocenters. The molecule has 0 saturated carbocycles. The SMILES string of the molecule is CC(C)c1nc(C(=O)N2C[C@@H](C(=O)O)[C@H](c3ccc(Cl)cc3)C2)cs1. The average molecular weight is 379 g/mol. The maximum absolute atomic E-state index is 12.7. The molecule has 1 aliphatic heterocycles. The van der Waals surface area contributed by atoms with E-state index in [1.807, 2.05) is 26.0 Å². The van der Waals surface area contributed by atoms with E-state index in [9.17, 15) is 14.7 Å². The van der Waals surface area contributed by atoms with Crippen molar-refractivity contribution in [1.29, 1.82) is 0 Å². The van der Waals surface area contributed by atoms with Crippen LogP contribution in [-0.2, 0) is 4.79 Å². The number of carboxylic acids is 1. The molecule has 1 fully saturated rings. The molecule has 0 aliphatic carbocycles. The van der Waals surface area contributed by atoms with E-state index in [1.54, 1.807) is 22.4 Å². The van der Waals surface area contributed by atoms with Gasteiger partial charge in [-0.05, 0) is 17.7 Å². The summed E-state index contributed by atoms with van der Waals surface area (Å²) in [6.07, 6.45) is 0. The van der Waals surface area contributed by atoms with Crippen LogP contribution in [0, 0.1) is 5.92 Å². The first-order valence-corrected chi connectivity index (χ1v) is 9.35. The lowest BCUT2D eigenvalue weighted by atomic mass is 9.89. The third kappa shape index (κ3) is 3.70. The second kappa shape index (κ2) is 7.14. The van der Waals surface area contributed by atoms with Gasteiger partial charge in [0.15, 0.2) is 0 Å². The summed E-state index contributed by atoms with van der Waals surface area (Å²) in [6.45, 7) is 4.61. The minimum absolute atomic E-state index is 0.190. The zero-order valence-electron chi connectivity index (χ0n) is 14.0. The van der Waals surface area contributed by atoms with Crippen molar-refractivity contribution in [3.8, 4) is 0 Å². The fourth-order valence-corrected chi connectivity index (χ4v) is 4.02. The van der Waals surface area contributed by atoms with Gasteiger partial charge in [0.05, 0.1) is 10.9 Å². The van der Waals surface area contributed by atoms with Crippen molar-refractivity contribution in [3.05, 3.63) is 50.9 Å². The molecule has 1 aromatic heterocycles. The summed E-state index contributed by atoms with van der Waals surface area (Å²) in [6, 6.07) is 7.15. The molecule has 1 amide bonds. The van der Waals surface area contributed by atoms with Crippen molar-refractivity contribution in [2.75, 3.05) is 13.1 Å². The van der Waals surface area contributed by atoms with Crippen LogP contribution in [0.1, 0.15) is 46.7 Å². The van der Waals surface area contributed by atoms with Gasteiger partial charge in [0.2, 0.25) is 0 Å². The van der Waals surface area contributed by atoms with E-state index < -0.39 is 11.9 Å². The number of thiazole rings is 1. The number of carbonyl (C=O) groups is 2. The Morgan fingerprint density at radius 2 is 1.96 bits per heavy atom. The van der Waals surface area contributed by atoms with Crippen LogP contribution in [0.15, 0.2) is 29.6 Å². The van der Waals surface area contributed by atoms with Crippen molar-refractivity contribution in [1.82, 2.24) is 9.88 Å². The largest absolute Gasteiger partial charge is 0.481 e. The van der Waals surface area contributed by atoms with E-state index in [0.717, 1.165) is 10.6 Å². The number of likely N-dealkylation sites (tertiary alicyclic amines) is 1. The Morgan fingerprint density at radius 1 is 1.28 bits per heavy atom. The number of carboxylic acid groups (broad SMARTS) is 1. The molecule has 1 N–H and O–H groups in total. The minimum Gasteiger partial charge on any atom is -0.481 e. The molecule has 25 heavy (non-hydrogen) atoms. The standard InChI is InChI=1S/C18H19ClN2O3S/c1-10(2)16-20-15(9-25-16)17(22)21-7-13(14(8-21)18(23)24)11-3-5-12(19)6-4-11/h3-6,9-10,13-14H,7-8H2,1-2H3,(H,23,24)/t13-,14+/m0/s1. The fraction of sp³-hybridized carbons (Fsp3) is 0.389. The highest BCUT2D eigenvalue weighted by molar-refractivity contribution is 7.09. The quantitative estimate of drug-likeness (QED) is 0.876. The highest BCUT2D eigenvalue weighted by atomic mass is 35.5. The third-order valence-corrected chi connectivity index (χ3v) is 5.85. The topological polar surface area (TPSA) is 70.5 Å². The van der Waals surface area contributed by atoms with Crippen molar-refractivity contribution in [2.24, 2.45) is 5.92 Å². The molecule has 7 heteroatoms. The molecular weight excluding hydrogens is 360 g/mol. The first kappa shape index (κ1) is 17.9. The first-order chi connectivity index (χ1) is 11.9. The highest BCUT2D eigenvalue weighted by Crippen LogP contribution is 2.34. The number of amides is 1. The van der Waals surface area contributed by atoms with Crippen LogP contribution in [0.2, 0.25) is 5.02 Å². The maximum atomic E-state index is 12.7. The van der Waals surface area contributed by atoms with Crippen molar-refractivity contribution in [3.63, 3.8) is 0 Å². The molecular formula is C18H19ClN2O3S. The van der Waals surface area contributed by atoms with Crippen LogP contribution in [0.4, 0.5) is 0 Å². The van der Waals surface area contributed by atoms with Crippen LogP contribution in [0.5, 0.6) is 0 Å². The van der Waals surface area contributed by atoms with E-state index >= 15 is 0 Å². The zero-order valence-corrected chi connectivity index (χ0v) is 15.5. The lowest BCUT2D eigenvalue weighted by Crippen LogP contribution is -2.30. The molecule has 5 nitrogen and oxygen atoms in total. The second-order valence-corrected chi connectivity index (χ2v) is 7.86. The summed E-state index contributed by atoms with van der Waals surface area (Å²) in [4.78, 5) is 30.4. The number of hydrogen-bond acceptors (Lipinski definition) is 4. The number of carbonyl (C=O) groups excluding carboxylic acids is 1. The first-order valence-electron chi connectivity index (χ1n) is 8.09. The monoisotopic (exact) mass is 378 g/mol. The van der Waals surface area contributed by atoms with Crippen LogP contribution >= 0.6 is 22.9 Å². The van der Waals surface area contributed by atoms with E-state index in [1.165, 1.54) is 11.3 Å². The lowest BCUT2D eigenvalue weighted by molar-refractivity contribution is -0.141. The Morgan fingerprint density at radius 3 is 2.52 bits per heavy atom. The van der Waals surface area contributed by atoms with Gasteiger partial charge in [0, 0.05) is 35.3 Å². The molecule has 132 valence electrons. The maximum Gasteiger partial charge on any atom is 0.308 e. The Kier molecular flexibility index (Phi) is 5.11. The predicted octanol–water partition coefficient (Wildman–Crippen LogP) is 3.86. The number of halogens is 1. The van der Waals surface area contributed by atoms with E-state index in [0.29, 0.717) is 17.3 Å². The van der Waals surface area contributed by atoms with Crippen LogP contribution in [0.3, 0.4) is 0 Å². The average Bonchev–Trinajstić information content (AvgIpc) is 3.22. The molecule has 1 aromatic carbocycles. The van der Waals surface area contributed by atoms with Gasteiger partial charge in [0.25, 0.3) is 5.91 Å². The summed E-state index contributed by atoms with van der Waals surface area (Å²) < 4.78 is 0. The fourth-order valence-electron chi connectivity index (χ4n) is 3.08. The number of nitrogens with zero attached hydrogens (tertiary/aromatic N) is 2. The van der Waals surface area contributed by atoms with Gasteiger partial charge in [-0.15, -0.1) is 11.3 Å². The lowest BCUT2D eigenvalue weighted by Gasteiger charge is -2.15. The van der Waals surface area contributed by atoms with Gasteiger partial charge in [0.1, 0.15) is 5.69 Å². The molecule has 0 unspecified atom stereocenters. The van der Waals surface area contributed by atoms with Gasteiger partial charge < -0.3 is 10.0 Å². The molecule has 0 spiro atoms. The minimum atomic E-state index is -0.892. The smallest absolute Gasteiger partial charge is 0.308 e. The molecule has 3 rings (SSSR count). The molecule has 2 heterocycles. The molecule has 0 bridgehead atoms. The Bertz CT molecular complexity index is 788. The van der Waals surface area contributed by atoms with Crippen molar-refractivity contribution >= 4 is 34.8 Å². The zero-order chi connectivity index (χ0) is 18.1. The van der Waals surface area contributed by atoms with Gasteiger partial charge in [-0.3, -0.25) is 9.59 Å². The van der Waals surface area contributed by atoms with Crippen LogP contribution < -0.4 is 0 Å². The summed E-state index contributed by atoms with van der Waals surface area (Å²) in [7, 11) is 0. The van der Waals surface area contributed by atoms with Crippen molar-refractivity contribution in [2.45, 2.75) is 25.7 Å². The van der Waals surface area contributed by atoms with Gasteiger partial charge in [-0.1, -0.05) is 37.6 Å². The van der Waals surface area contributed by atoms with Crippen LogP contribution in [0.25, 0.3) is 0 Å². The van der Waals surface area contributed by atoms with Gasteiger partial charge in [-0.2, -0.15) is 0 Å². The van der Waals surface area contributed by atoms with Crippen molar-refractivity contribution < 1.29 is 14.7 Å². The van der Waals surface area contributed by atoms with Gasteiger partial charge >= 0.3 is 5.97 Å². The third-order valence-electron chi connectivity index (χ3n) is 4.46. The number of aromatic nitrogens is 1. The summed E-state index contributed by atoms with van der Waals surface area (Å²) >= 11 is 7.38. The number of aliphatic carboxylic acids is 1. The molecule has 1 saturated heterocycles. The molecule has 1 aliphatic rings. The number of benzene rings is 1. The Labute approximate surface area is 155 Å². The number of rotatable bonds is 4. The Balaban J connectivity index is 1.82. The van der Waals surface area contributed by atoms with Gasteiger partial charge in [-0.25, -0.2) is 4.98 Å². The summed E-state index contributed by atoms with van der Waals surface area (Å²) in [5.41, 5.74) is 1.28. The summed E-state index contributed by atoms with van der Waals surface area (Å²) in [5.74, 6) is -1.71. The Hall–Kier alpha value is -1.92. The van der Waals surface area contributed by atoms with E-state index in [4.69, 9.17) is 11.6 Å². The molecule has 0 radical (unpaired) electrons. The van der Waals surface area contributed by atoms with E-state index in [-0.39, 0.29) is 24.3 Å². The van der Waals surface area contributed by atoms with E-state index in [2.05, 4.69) is 4.98 Å². The normalized spacial score (nSPS) is 20.2. The number of hydrogen-bond donors (Lipinski definition) is 1. The second-order valence-electron chi connectivity index (χ2n) is 6.54. The predicted molar refractivity (Wildman–Crippen MR) is 97.4 cm³/mol. The summed E-state index contributed by atoms with van der Waals surface area (Å²) in [5, 5.41) is 12.8. The van der Waals surface area contributed by atoms with Crippen LogP contribution in [-0.4, -0.2) is 40.0 Å².